The molecule has 1 nitrogen and oxygen atoms in total. The predicted molar refractivity (Wildman–Crippen MR) is 73.9 cm³/mol. The Morgan fingerprint density at radius 2 is 2.00 bits per heavy atom. The van der Waals surface area contributed by atoms with Crippen molar-refractivity contribution >= 4 is 5.78 Å². The number of rotatable bonds is 1. The van der Waals surface area contributed by atoms with Crippen molar-refractivity contribution in [2.24, 2.45) is 17.8 Å². The minimum Gasteiger partial charge on any atom is -0.299 e. The molecule has 0 fully saturated rings. The second kappa shape index (κ2) is 6.18. The second-order valence-electron chi connectivity index (χ2n) is 5.82. The Balaban J connectivity index is 2.88. The summed E-state index contributed by atoms with van der Waals surface area (Å²) in [5, 5.41) is 0. The maximum absolute atomic E-state index is 11.9. The molecule has 0 heterocycles. The van der Waals surface area contributed by atoms with E-state index in [4.69, 9.17) is 0 Å². The van der Waals surface area contributed by atoms with Gasteiger partial charge < -0.3 is 0 Å². The molecule has 0 saturated heterocycles. The molecule has 0 spiro atoms. The van der Waals surface area contributed by atoms with E-state index in [1.54, 1.807) is 0 Å². The van der Waals surface area contributed by atoms with Crippen LogP contribution in [0.25, 0.3) is 0 Å². The molecule has 1 aliphatic rings. The SMILES string of the molecule is C=C(C)[C@@H]1C/C=C(\C)CCC(=O)C(C)CC1C. The molecule has 96 valence electrons. The van der Waals surface area contributed by atoms with Crippen molar-refractivity contribution in [3.05, 3.63) is 23.8 Å². The number of hydrogen-bond acceptors (Lipinski definition) is 1. The van der Waals surface area contributed by atoms with Gasteiger partial charge in [0.15, 0.2) is 0 Å². The normalized spacial score (nSPS) is 34.9. The highest BCUT2D eigenvalue weighted by Gasteiger charge is 2.23. The molecule has 0 radical (unpaired) electrons. The van der Waals surface area contributed by atoms with E-state index in [9.17, 15) is 4.79 Å². The van der Waals surface area contributed by atoms with Crippen LogP contribution in [-0.4, -0.2) is 5.78 Å². The van der Waals surface area contributed by atoms with Crippen LogP contribution in [0, 0.1) is 17.8 Å². The zero-order chi connectivity index (χ0) is 13.0. The summed E-state index contributed by atoms with van der Waals surface area (Å²) in [6.07, 6.45) is 6.04. The van der Waals surface area contributed by atoms with E-state index in [0.717, 1.165) is 19.3 Å². The topological polar surface area (TPSA) is 17.1 Å². The summed E-state index contributed by atoms with van der Waals surface area (Å²) >= 11 is 0. The molecule has 0 aliphatic heterocycles. The first kappa shape index (κ1) is 14.2. The standard InChI is InChI=1S/C16H26O/c1-11(2)15-8-6-12(3)7-9-16(17)14(5)10-13(15)4/h6,13-15H,1,7-10H2,2-5H3/b12-6+/t13?,14?,15-/m0/s1. The highest BCUT2D eigenvalue weighted by atomic mass is 16.1. The number of hydrogen-bond donors (Lipinski definition) is 0. The van der Waals surface area contributed by atoms with E-state index in [1.807, 2.05) is 0 Å². The Morgan fingerprint density at radius 3 is 2.59 bits per heavy atom. The number of allylic oxidation sites excluding steroid dienone is 3. The Labute approximate surface area is 106 Å². The zero-order valence-corrected chi connectivity index (χ0v) is 11.8. The third-order valence-electron chi connectivity index (χ3n) is 4.08. The molecule has 0 saturated carbocycles. The van der Waals surface area contributed by atoms with E-state index < -0.39 is 0 Å². The molecule has 0 aromatic heterocycles. The third-order valence-corrected chi connectivity index (χ3v) is 4.08. The number of carbonyl (C=O) groups excluding carboxylic acids is 1. The summed E-state index contributed by atoms with van der Waals surface area (Å²) in [5.74, 6) is 1.71. The van der Waals surface area contributed by atoms with Crippen LogP contribution < -0.4 is 0 Å². The van der Waals surface area contributed by atoms with Crippen LogP contribution >= 0.6 is 0 Å². The van der Waals surface area contributed by atoms with Crippen molar-refractivity contribution in [1.29, 1.82) is 0 Å². The average Bonchev–Trinajstić information content (AvgIpc) is 2.24. The lowest BCUT2D eigenvalue weighted by Gasteiger charge is -2.27. The molecule has 17 heavy (non-hydrogen) atoms. The van der Waals surface area contributed by atoms with Crippen LogP contribution in [0.1, 0.15) is 53.4 Å². The molecule has 0 amide bonds. The minimum absolute atomic E-state index is 0.206. The van der Waals surface area contributed by atoms with Crippen molar-refractivity contribution in [2.45, 2.75) is 53.4 Å². The van der Waals surface area contributed by atoms with Gasteiger partial charge in [0.25, 0.3) is 0 Å². The quantitative estimate of drug-likeness (QED) is 0.609. The van der Waals surface area contributed by atoms with Crippen LogP contribution in [0.2, 0.25) is 0 Å². The van der Waals surface area contributed by atoms with Gasteiger partial charge in [-0.1, -0.05) is 37.6 Å². The largest absolute Gasteiger partial charge is 0.299 e. The Hall–Kier alpha value is -0.850. The van der Waals surface area contributed by atoms with Gasteiger partial charge in [0, 0.05) is 12.3 Å². The fourth-order valence-electron chi connectivity index (χ4n) is 2.77. The molecule has 0 aromatic carbocycles. The molecule has 1 heteroatoms. The summed E-state index contributed by atoms with van der Waals surface area (Å²) < 4.78 is 0. The van der Waals surface area contributed by atoms with Crippen LogP contribution in [0.15, 0.2) is 23.8 Å². The summed E-state index contributed by atoms with van der Waals surface area (Å²) in [4.78, 5) is 11.9. The Morgan fingerprint density at radius 1 is 1.35 bits per heavy atom. The van der Waals surface area contributed by atoms with Crippen molar-refractivity contribution in [3.63, 3.8) is 0 Å². The van der Waals surface area contributed by atoms with Crippen molar-refractivity contribution < 1.29 is 4.79 Å². The number of ketones is 1. The van der Waals surface area contributed by atoms with E-state index in [1.165, 1.54) is 11.1 Å². The van der Waals surface area contributed by atoms with Gasteiger partial charge in [0.05, 0.1) is 0 Å². The van der Waals surface area contributed by atoms with Gasteiger partial charge in [-0.05, 0) is 44.9 Å². The molecule has 0 N–H and O–H groups in total. The van der Waals surface area contributed by atoms with E-state index in [-0.39, 0.29) is 5.92 Å². The van der Waals surface area contributed by atoms with Crippen LogP contribution in [0.4, 0.5) is 0 Å². The first-order valence-corrected chi connectivity index (χ1v) is 6.75. The smallest absolute Gasteiger partial charge is 0.136 e. The lowest BCUT2D eigenvalue weighted by molar-refractivity contribution is -0.122. The lowest BCUT2D eigenvalue weighted by Crippen LogP contribution is -2.21. The Kier molecular flexibility index (Phi) is 5.17. The number of carbonyl (C=O) groups is 1. The molecular formula is C16H26O. The zero-order valence-electron chi connectivity index (χ0n) is 11.8. The summed E-state index contributed by atoms with van der Waals surface area (Å²) in [6, 6.07) is 0. The molecule has 0 bridgehead atoms. The fourth-order valence-corrected chi connectivity index (χ4v) is 2.77. The van der Waals surface area contributed by atoms with Crippen LogP contribution in [-0.2, 0) is 4.79 Å². The predicted octanol–water partition coefficient (Wildman–Crippen LogP) is 4.54. The fraction of sp³-hybridized carbons (Fsp3) is 0.688. The molecule has 0 aromatic rings. The van der Waals surface area contributed by atoms with Gasteiger partial charge in [-0.3, -0.25) is 4.79 Å². The monoisotopic (exact) mass is 234 g/mol. The van der Waals surface area contributed by atoms with Gasteiger partial charge >= 0.3 is 0 Å². The summed E-state index contributed by atoms with van der Waals surface area (Å²) in [5.41, 5.74) is 2.60. The summed E-state index contributed by atoms with van der Waals surface area (Å²) in [6.45, 7) is 12.7. The van der Waals surface area contributed by atoms with E-state index in [2.05, 4.69) is 40.3 Å². The first-order chi connectivity index (χ1) is 7.91. The average molecular weight is 234 g/mol. The highest BCUT2D eigenvalue weighted by Crippen LogP contribution is 2.31. The molecule has 3 atom stereocenters. The molecular weight excluding hydrogens is 208 g/mol. The van der Waals surface area contributed by atoms with E-state index >= 15 is 0 Å². The molecule has 1 aliphatic carbocycles. The van der Waals surface area contributed by atoms with E-state index in [0.29, 0.717) is 24.0 Å². The van der Waals surface area contributed by atoms with Gasteiger partial charge in [-0.15, -0.1) is 0 Å². The van der Waals surface area contributed by atoms with Crippen LogP contribution in [0.3, 0.4) is 0 Å². The highest BCUT2D eigenvalue weighted by molar-refractivity contribution is 5.80. The van der Waals surface area contributed by atoms with Crippen LogP contribution in [0.5, 0.6) is 0 Å². The number of Topliss-reactive ketones (excluding diaryl/α,β-unsaturated/α-hetero) is 1. The second-order valence-corrected chi connectivity index (χ2v) is 5.82. The van der Waals surface area contributed by atoms with Gasteiger partial charge in [0.2, 0.25) is 0 Å². The van der Waals surface area contributed by atoms with Crippen molar-refractivity contribution in [1.82, 2.24) is 0 Å². The third kappa shape index (κ3) is 4.14. The van der Waals surface area contributed by atoms with Gasteiger partial charge in [0.1, 0.15) is 5.78 Å². The van der Waals surface area contributed by atoms with Crippen molar-refractivity contribution in [3.8, 4) is 0 Å². The van der Waals surface area contributed by atoms with Crippen molar-refractivity contribution in [2.75, 3.05) is 0 Å². The molecule has 1 rings (SSSR count). The Bertz CT molecular complexity index is 324. The maximum Gasteiger partial charge on any atom is 0.136 e. The summed E-state index contributed by atoms with van der Waals surface area (Å²) in [7, 11) is 0. The maximum atomic E-state index is 11.9. The van der Waals surface area contributed by atoms with Gasteiger partial charge in [-0.2, -0.15) is 0 Å². The first-order valence-electron chi connectivity index (χ1n) is 6.75. The molecule has 2 unspecified atom stereocenters. The van der Waals surface area contributed by atoms with Gasteiger partial charge in [-0.25, -0.2) is 0 Å². The minimum atomic E-state index is 0.206. The lowest BCUT2D eigenvalue weighted by atomic mass is 9.78.